The second-order valence-electron chi connectivity index (χ2n) is 6.08. The monoisotopic (exact) mass is 286 g/mol. The summed E-state index contributed by atoms with van der Waals surface area (Å²) in [5.41, 5.74) is 2.01. The molecule has 1 aromatic heterocycles. The van der Waals surface area contributed by atoms with E-state index in [4.69, 9.17) is 0 Å². The van der Waals surface area contributed by atoms with Gasteiger partial charge >= 0.3 is 0 Å². The third-order valence-corrected chi connectivity index (χ3v) is 3.85. The number of hydrogen-bond acceptors (Lipinski definition) is 3. The molecule has 1 unspecified atom stereocenters. The van der Waals surface area contributed by atoms with E-state index in [1.165, 1.54) is 0 Å². The Balaban J connectivity index is 1.74. The number of hydrogen-bond donors (Lipinski definition) is 2. The van der Waals surface area contributed by atoms with Crippen LogP contribution >= 0.6 is 0 Å². The molecule has 1 atom stereocenters. The summed E-state index contributed by atoms with van der Waals surface area (Å²) in [4.78, 5) is 22.2. The van der Waals surface area contributed by atoms with Crippen LogP contribution in [0.25, 0.3) is 11.0 Å². The third kappa shape index (κ3) is 3.08. The van der Waals surface area contributed by atoms with Gasteiger partial charge in [0.05, 0.1) is 17.1 Å². The van der Waals surface area contributed by atoms with Gasteiger partial charge in [-0.15, -0.1) is 0 Å². The summed E-state index contributed by atoms with van der Waals surface area (Å²) in [5.74, 6) is 1.56. The first-order valence-electron chi connectivity index (χ1n) is 7.59. The predicted octanol–water partition coefficient (Wildman–Crippen LogP) is 2.08. The van der Waals surface area contributed by atoms with E-state index in [1.54, 1.807) is 0 Å². The van der Waals surface area contributed by atoms with Crippen LogP contribution in [0.3, 0.4) is 0 Å². The molecule has 1 aliphatic heterocycles. The number of para-hydroxylation sites is 2. The van der Waals surface area contributed by atoms with Crippen molar-refractivity contribution in [1.29, 1.82) is 0 Å². The Kier molecular flexibility index (Phi) is 3.92. The molecule has 3 rings (SSSR count). The van der Waals surface area contributed by atoms with Gasteiger partial charge in [0, 0.05) is 26.1 Å². The van der Waals surface area contributed by atoms with Gasteiger partial charge in [-0.05, 0) is 18.1 Å². The number of imidazole rings is 1. The maximum atomic E-state index is 12.2. The predicted molar refractivity (Wildman–Crippen MR) is 82.9 cm³/mol. The summed E-state index contributed by atoms with van der Waals surface area (Å²) in [7, 11) is 0. The Bertz CT molecular complexity index is 601. The Hall–Kier alpha value is -1.88. The van der Waals surface area contributed by atoms with Gasteiger partial charge in [-0.3, -0.25) is 4.79 Å². The molecule has 1 aromatic carbocycles. The second-order valence-corrected chi connectivity index (χ2v) is 6.08. The van der Waals surface area contributed by atoms with Gasteiger partial charge in [0.25, 0.3) is 0 Å². The average Bonchev–Trinajstić information content (AvgIpc) is 2.90. The highest BCUT2D eigenvalue weighted by atomic mass is 16.2. The Morgan fingerprint density at radius 1 is 1.43 bits per heavy atom. The van der Waals surface area contributed by atoms with Crippen molar-refractivity contribution in [2.75, 3.05) is 19.6 Å². The summed E-state index contributed by atoms with van der Waals surface area (Å²) < 4.78 is 0. The van der Waals surface area contributed by atoms with Crippen LogP contribution in [-0.2, 0) is 4.79 Å². The maximum absolute atomic E-state index is 12.2. The van der Waals surface area contributed by atoms with Crippen LogP contribution in [0.2, 0.25) is 0 Å². The number of piperazine rings is 1. The van der Waals surface area contributed by atoms with Gasteiger partial charge in [0.15, 0.2) is 0 Å². The summed E-state index contributed by atoms with van der Waals surface area (Å²) in [6.07, 6.45) is 0.618. The van der Waals surface area contributed by atoms with E-state index in [1.807, 2.05) is 29.2 Å². The lowest BCUT2D eigenvalue weighted by Gasteiger charge is -2.33. The van der Waals surface area contributed by atoms with Crippen LogP contribution in [0.15, 0.2) is 24.3 Å². The van der Waals surface area contributed by atoms with Crippen molar-refractivity contribution in [3.63, 3.8) is 0 Å². The highest BCUT2D eigenvalue weighted by molar-refractivity contribution is 5.77. The number of aromatic amines is 1. The maximum Gasteiger partial charge on any atom is 0.222 e. The summed E-state index contributed by atoms with van der Waals surface area (Å²) in [6, 6.07) is 8.09. The average molecular weight is 286 g/mol. The van der Waals surface area contributed by atoms with Crippen molar-refractivity contribution < 1.29 is 4.79 Å². The minimum Gasteiger partial charge on any atom is -0.341 e. The minimum atomic E-state index is 0.0854. The van der Waals surface area contributed by atoms with Crippen LogP contribution in [0.1, 0.15) is 32.1 Å². The fourth-order valence-corrected chi connectivity index (χ4v) is 2.78. The standard InChI is InChI=1S/C16H22N4O/c1-11(2)9-15(21)20-8-7-17-14(10-20)16-18-12-5-3-4-6-13(12)19-16/h3-6,11,14,17H,7-10H2,1-2H3,(H,18,19). The number of carbonyl (C=O) groups excluding carboxylic acids is 1. The summed E-state index contributed by atoms with van der Waals surface area (Å²) in [5, 5.41) is 3.45. The van der Waals surface area contributed by atoms with E-state index >= 15 is 0 Å². The molecule has 1 fully saturated rings. The Labute approximate surface area is 124 Å². The normalized spacial score (nSPS) is 19.4. The van der Waals surface area contributed by atoms with E-state index in [0.717, 1.165) is 29.9 Å². The number of amides is 1. The number of aromatic nitrogens is 2. The zero-order valence-electron chi connectivity index (χ0n) is 12.6. The lowest BCUT2D eigenvalue weighted by Crippen LogP contribution is -2.48. The van der Waals surface area contributed by atoms with Crippen molar-refractivity contribution in [2.45, 2.75) is 26.3 Å². The molecular formula is C16H22N4O. The number of carbonyl (C=O) groups is 1. The van der Waals surface area contributed by atoms with Gasteiger partial charge < -0.3 is 15.2 Å². The van der Waals surface area contributed by atoms with Crippen molar-refractivity contribution in [2.24, 2.45) is 5.92 Å². The largest absolute Gasteiger partial charge is 0.341 e. The van der Waals surface area contributed by atoms with Crippen LogP contribution in [0, 0.1) is 5.92 Å². The zero-order chi connectivity index (χ0) is 14.8. The first kappa shape index (κ1) is 14.1. The summed E-state index contributed by atoms with van der Waals surface area (Å²) >= 11 is 0. The van der Waals surface area contributed by atoms with E-state index < -0.39 is 0 Å². The van der Waals surface area contributed by atoms with Crippen LogP contribution in [-0.4, -0.2) is 40.4 Å². The van der Waals surface area contributed by atoms with Gasteiger partial charge in [0.2, 0.25) is 5.91 Å². The van der Waals surface area contributed by atoms with E-state index in [-0.39, 0.29) is 11.9 Å². The molecule has 5 nitrogen and oxygen atoms in total. The van der Waals surface area contributed by atoms with E-state index in [9.17, 15) is 4.79 Å². The van der Waals surface area contributed by atoms with Gasteiger partial charge in [-0.2, -0.15) is 0 Å². The van der Waals surface area contributed by atoms with Crippen LogP contribution < -0.4 is 5.32 Å². The van der Waals surface area contributed by atoms with Crippen molar-refractivity contribution >= 4 is 16.9 Å². The molecule has 0 saturated carbocycles. The molecule has 0 spiro atoms. The van der Waals surface area contributed by atoms with Crippen molar-refractivity contribution in [3.8, 4) is 0 Å². The number of rotatable bonds is 3. The molecule has 0 aliphatic carbocycles. The first-order valence-corrected chi connectivity index (χ1v) is 7.59. The second kappa shape index (κ2) is 5.85. The molecule has 0 radical (unpaired) electrons. The molecule has 2 heterocycles. The highest BCUT2D eigenvalue weighted by Gasteiger charge is 2.26. The fraction of sp³-hybridized carbons (Fsp3) is 0.500. The van der Waals surface area contributed by atoms with Gasteiger partial charge in [0.1, 0.15) is 5.82 Å². The lowest BCUT2D eigenvalue weighted by atomic mass is 10.1. The highest BCUT2D eigenvalue weighted by Crippen LogP contribution is 2.19. The Morgan fingerprint density at radius 3 is 3.00 bits per heavy atom. The molecule has 21 heavy (non-hydrogen) atoms. The smallest absolute Gasteiger partial charge is 0.222 e. The molecule has 2 aromatic rings. The van der Waals surface area contributed by atoms with Gasteiger partial charge in [-0.25, -0.2) is 4.98 Å². The quantitative estimate of drug-likeness (QED) is 0.908. The first-order chi connectivity index (χ1) is 10.1. The number of H-pyrrole nitrogens is 1. The van der Waals surface area contributed by atoms with Crippen molar-refractivity contribution in [1.82, 2.24) is 20.2 Å². The Morgan fingerprint density at radius 2 is 2.24 bits per heavy atom. The molecule has 112 valence electrons. The molecule has 2 N–H and O–H groups in total. The van der Waals surface area contributed by atoms with Gasteiger partial charge in [-0.1, -0.05) is 26.0 Å². The molecule has 0 bridgehead atoms. The zero-order valence-corrected chi connectivity index (χ0v) is 12.6. The van der Waals surface area contributed by atoms with Crippen LogP contribution in [0.5, 0.6) is 0 Å². The summed E-state index contributed by atoms with van der Waals surface area (Å²) in [6.45, 7) is 6.44. The van der Waals surface area contributed by atoms with Crippen molar-refractivity contribution in [3.05, 3.63) is 30.1 Å². The number of nitrogens with zero attached hydrogens (tertiary/aromatic N) is 2. The molecule has 5 heteroatoms. The topological polar surface area (TPSA) is 61.0 Å². The van der Waals surface area contributed by atoms with E-state index in [2.05, 4.69) is 29.1 Å². The SMILES string of the molecule is CC(C)CC(=O)N1CCNC(c2nc3ccccc3[nH]2)C1. The molecule has 1 saturated heterocycles. The number of nitrogens with one attached hydrogen (secondary N) is 2. The molecule has 1 aliphatic rings. The minimum absolute atomic E-state index is 0.0854. The van der Waals surface area contributed by atoms with E-state index in [0.29, 0.717) is 18.9 Å². The number of benzene rings is 1. The molecule has 1 amide bonds. The fourth-order valence-electron chi connectivity index (χ4n) is 2.78. The third-order valence-electron chi connectivity index (χ3n) is 3.85. The number of fused-ring (bicyclic) bond motifs is 1. The lowest BCUT2D eigenvalue weighted by molar-refractivity contribution is -0.133. The van der Waals surface area contributed by atoms with Crippen LogP contribution in [0.4, 0.5) is 0 Å². The molecular weight excluding hydrogens is 264 g/mol.